The van der Waals surface area contributed by atoms with Crippen molar-refractivity contribution >= 4 is 29.0 Å². The Bertz CT molecular complexity index is 834. The number of anilines is 3. The van der Waals surface area contributed by atoms with Crippen LogP contribution in [0.4, 0.5) is 23.0 Å². The quantitative estimate of drug-likeness (QED) is 0.380. The van der Waals surface area contributed by atoms with Gasteiger partial charge in [-0.15, -0.1) is 0 Å². The van der Waals surface area contributed by atoms with Crippen LogP contribution in [0.5, 0.6) is 0 Å². The summed E-state index contributed by atoms with van der Waals surface area (Å²) < 4.78 is 5.02. The number of esters is 1. The lowest BCUT2D eigenvalue weighted by molar-refractivity contribution is -0.383. The Morgan fingerprint density at radius 2 is 1.89 bits per heavy atom. The highest BCUT2D eigenvalue weighted by Gasteiger charge is 2.25. The minimum absolute atomic E-state index is 0.000964. The fourth-order valence-corrected chi connectivity index (χ4v) is 2.09. The fraction of sp³-hybridized carbons (Fsp3) is 0.353. The van der Waals surface area contributed by atoms with Gasteiger partial charge in [-0.2, -0.15) is 0 Å². The summed E-state index contributed by atoms with van der Waals surface area (Å²) in [7, 11) is 0. The summed E-state index contributed by atoms with van der Waals surface area (Å²) in [5.74, 6) is -0.587. The Morgan fingerprint density at radius 1 is 1.22 bits per heavy atom. The second-order valence-electron chi connectivity index (χ2n) is 6.57. The normalized spacial score (nSPS) is 11.0. The van der Waals surface area contributed by atoms with Crippen LogP contribution >= 0.6 is 0 Å². The standard InChI is InChI=1S/C17H22N6O4/c1-5-27-16(24)11-8-6-7-9-12(11)20-14-13(23(25)26)15(19-10-18-14)21-22-17(2,3)4/h6-10,22H,5H2,1-4H3,(H2,18,19,20,21). The minimum atomic E-state index is -0.595. The Kier molecular flexibility index (Phi) is 6.24. The SMILES string of the molecule is CCOC(=O)c1ccccc1Nc1ncnc(NNC(C)(C)C)c1[N+](=O)[O-]. The van der Waals surface area contributed by atoms with Gasteiger partial charge in [0.05, 0.1) is 22.8 Å². The maximum atomic E-state index is 12.1. The van der Waals surface area contributed by atoms with E-state index in [2.05, 4.69) is 26.1 Å². The zero-order chi connectivity index (χ0) is 20.0. The third-order valence-electron chi connectivity index (χ3n) is 3.24. The van der Waals surface area contributed by atoms with Gasteiger partial charge in [-0.25, -0.2) is 20.2 Å². The van der Waals surface area contributed by atoms with Gasteiger partial charge in [-0.1, -0.05) is 12.1 Å². The number of benzene rings is 1. The third kappa shape index (κ3) is 5.35. The second kappa shape index (κ2) is 8.41. The summed E-state index contributed by atoms with van der Waals surface area (Å²) in [6, 6.07) is 6.54. The van der Waals surface area contributed by atoms with E-state index in [1.165, 1.54) is 6.33 Å². The third-order valence-corrected chi connectivity index (χ3v) is 3.24. The molecule has 2 aromatic rings. The lowest BCUT2D eigenvalue weighted by Gasteiger charge is -2.21. The molecule has 0 aliphatic heterocycles. The number of hydrogen-bond acceptors (Lipinski definition) is 9. The van der Waals surface area contributed by atoms with Gasteiger partial charge >= 0.3 is 11.7 Å². The van der Waals surface area contributed by atoms with Gasteiger partial charge in [0.15, 0.2) is 0 Å². The molecule has 0 amide bonds. The topological polar surface area (TPSA) is 131 Å². The molecule has 0 saturated heterocycles. The van der Waals surface area contributed by atoms with Gasteiger partial charge in [0.25, 0.3) is 0 Å². The van der Waals surface area contributed by atoms with Crippen LogP contribution in [0.15, 0.2) is 30.6 Å². The molecule has 0 aliphatic carbocycles. The molecule has 0 saturated carbocycles. The molecule has 0 unspecified atom stereocenters. The molecule has 10 nitrogen and oxygen atoms in total. The molecule has 0 aliphatic rings. The number of nitrogens with zero attached hydrogens (tertiary/aromatic N) is 3. The molecule has 2 rings (SSSR count). The van der Waals surface area contributed by atoms with E-state index in [0.717, 1.165) is 0 Å². The predicted octanol–water partition coefficient (Wildman–Crippen LogP) is 3.02. The van der Waals surface area contributed by atoms with E-state index in [-0.39, 0.29) is 35.0 Å². The number of carbonyl (C=O) groups is 1. The number of nitro groups is 1. The number of aromatic nitrogens is 2. The first kappa shape index (κ1) is 20.0. The number of nitrogens with one attached hydrogen (secondary N) is 3. The molecule has 0 bridgehead atoms. The zero-order valence-corrected chi connectivity index (χ0v) is 15.6. The first-order valence-electron chi connectivity index (χ1n) is 8.28. The first-order chi connectivity index (χ1) is 12.7. The van der Waals surface area contributed by atoms with Crippen LogP contribution in [0.3, 0.4) is 0 Å². The molecular formula is C17H22N6O4. The van der Waals surface area contributed by atoms with Gasteiger partial charge in [0.2, 0.25) is 11.6 Å². The number of hydrogen-bond donors (Lipinski definition) is 3. The number of rotatable bonds is 7. The molecule has 0 fully saturated rings. The fourth-order valence-electron chi connectivity index (χ4n) is 2.09. The molecule has 0 spiro atoms. The smallest absolute Gasteiger partial charge is 0.354 e. The van der Waals surface area contributed by atoms with Crippen molar-refractivity contribution < 1.29 is 14.5 Å². The highest BCUT2D eigenvalue weighted by Crippen LogP contribution is 2.32. The van der Waals surface area contributed by atoms with E-state index in [1.54, 1.807) is 31.2 Å². The molecule has 3 N–H and O–H groups in total. The van der Waals surface area contributed by atoms with E-state index < -0.39 is 10.9 Å². The van der Waals surface area contributed by atoms with Crippen molar-refractivity contribution in [3.8, 4) is 0 Å². The van der Waals surface area contributed by atoms with E-state index >= 15 is 0 Å². The number of para-hydroxylation sites is 1. The maximum absolute atomic E-state index is 12.1. The number of ether oxygens (including phenoxy) is 1. The summed E-state index contributed by atoms with van der Waals surface area (Å²) in [6.45, 7) is 7.59. The molecular weight excluding hydrogens is 352 g/mol. The molecule has 1 aromatic heterocycles. The van der Waals surface area contributed by atoms with E-state index in [0.29, 0.717) is 5.69 Å². The van der Waals surface area contributed by atoms with E-state index in [4.69, 9.17) is 4.74 Å². The Hall–Kier alpha value is -3.27. The largest absolute Gasteiger partial charge is 0.462 e. The molecule has 144 valence electrons. The Labute approximate surface area is 156 Å². The van der Waals surface area contributed by atoms with E-state index in [1.807, 2.05) is 20.8 Å². The number of hydrazine groups is 1. The molecule has 10 heteroatoms. The average molecular weight is 374 g/mol. The second-order valence-corrected chi connectivity index (χ2v) is 6.57. The van der Waals surface area contributed by atoms with Crippen LogP contribution in [0.1, 0.15) is 38.1 Å². The van der Waals surface area contributed by atoms with Crippen LogP contribution in [0.2, 0.25) is 0 Å². The van der Waals surface area contributed by atoms with Crippen LogP contribution < -0.4 is 16.2 Å². The van der Waals surface area contributed by atoms with Crippen molar-refractivity contribution in [2.75, 3.05) is 17.3 Å². The summed E-state index contributed by atoms with van der Waals surface area (Å²) in [4.78, 5) is 31.0. The van der Waals surface area contributed by atoms with Crippen molar-refractivity contribution in [3.05, 3.63) is 46.3 Å². The summed E-state index contributed by atoms with van der Waals surface area (Å²) in [6.07, 6.45) is 1.19. The van der Waals surface area contributed by atoms with Crippen molar-refractivity contribution in [2.24, 2.45) is 0 Å². The first-order valence-corrected chi connectivity index (χ1v) is 8.28. The molecule has 0 atom stereocenters. The van der Waals surface area contributed by atoms with Gasteiger partial charge in [-0.05, 0) is 39.8 Å². The van der Waals surface area contributed by atoms with Crippen molar-refractivity contribution in [1.82, 2.24) is 15.4 Å². The minimum Gasteiger partial charge on any atom is -0.462 e. The predicted molar refractivity (Wildman–Crippen MR) is 101 cm³/mol. The highest BCUT2D eigenvalue weighted by atomic mass is 16.6. The van der Waals surface area contributed by atoms with Gasteiger partial charge in [0.1, 0.15) is 6.33 Å². The molecule has 1 aromatic carbocycles. The van der Waals surface area contributed by atoms with Crippen LogP contribution in [0.25, 0.3) is 0 Å². The maximum Gasteiger partial charge on any atom is 0.354 e. The lowest BCUT2D eigenvalue weighted by atomic mass is 10.1. The van der Waals surface area contributed by atoms with Gasteiger partial charge < -0.3 is 10.1 Å². The van der Waals surface area contributed by atoms with Gasteiger partial charge in [-0.3, -0.25) is 15.5 Å². The van der Waals surface area contributed by atoms with Crippen LogP contribution in [0, 0.1) is 10.1 Å². The Balaban J connectivity index is 2.40. The Morgan fingerprint density at radius 3 is 2.52 bits per heavy atom. The molecule has 1 heterocycles. The van der Waals surface area contributed by atoms with Crippen molar-refractivity contribution in [1.29, 1.82) is 0 Å². The molecule has 27 heavy (non-hydrogen) atoms. The lowest BCUT2D eigenvalue weighted by Crippen LogP contribution is -2.40. The zero-order valence-electron chi connectivity index (χ0n) is 15.6. The summed E-state index contributed by atoms with van der Waals surface area (Å²) in [5, 5.41) is 14.4. The molecule has 0 radical (unpaired) electrons. The average Bonchev–Trinajstić information content (AvgIpc) is 2.60. The summed E-state index contributed by atoms with van der Waals surface area (Å²) >= 11 is 0. The number of carbonyl (C=O) groups excluding carboxylic acids is 1. The van der Waals surface area contributed by atoms with Crippen LogP contribution in [-0.4, -0.2) is 33.0 Å². The van der Waals surface area contributed by atoms with Crippen LogP contribution in [-0.2, 0) is 4.74 Å². The van der Waals surface area contributed by atoms with E-state index in [9.17, 15) is 14.9 Å². The highest BCUT2D eigenvalue weighted by molar-refractivity contribution is 5.96. The monoisotopic (exact) mass is 374 g/mol. The van der Waals surface area contributed by atoms with Crippen molar-refractivity contribution in [2.45, 2.75) is 33.2 Å². The summed E-state index contributed by atoms with van der Waals surface area (Å²) in [5.41, 5.74) is 5.56. The van der Waals surface area contributed by atoms with Gasteiger partial charge in [0, 0.05) is 5.54 Å². The van der Waals surface area contributed by atoms with Crippen molar-refractivity contribution in [3.63, 3.8) is 0 Å².